The Hall–Kier alpha value is -0.620. The zero-order valence-electron chi connectivity index (χ0n) is 10.6. The molecule has 0 radical (unpaired) electrons. The molecule has 0 spiro atoms. The Morgan fingerprint density at radius 1 is 1.06 bits per heavy atom. The van der Waals surface area contributed by atoms with Gasteiger partial charge in [0.05, 0.1) is 6.61 Å². The molecule has 0 aromatic carbocycles. The number of fused-ring (bicyclic) bond motifs is 1. The summed E-state index contributed by atoms with van der Waals surface area (Å²) in [5.74, 6) is -0.377. The van der Waals surface area contributed by atoms with Gasteiger partial charge in [0.25, 0.3) is 0 Å². The maximum Gasteiger partial charge on any atom is 0.232 e. The largest absolute Gasteiger partial charge is 0.463 e. The van der Waals surface area contributed by atoms with Crippen molar-refractivity contribution >= 4 is 0 Å². The van der Waals surface area contributed by atoms with Gasteiger partial charge in [0.1, 0.15) is 18.0 Å². The van der Waals surface area contributed by atoms with Crippen molar-refractivity contribution in [2.75, 3.05) is 6.61 Å². The van der Waals surface area contributed by atoms with Crippen molar-refractivity contribution in [3.05, 3.63) is 11.8 Å². The van der Waals surface area contributed by atoms with Crippen LogP contribution in [0.25, 0.3) is 0 Å². The van der Waals surface area contributed by atoms with E-state index in [2.05, 4.69) is 0 Å². The highest BCUT2D eigenvalue weighted by Crippen LogP contribution is 2.38. The zero-order valence-corrected chi connectivity index (χ0v) is 10.6. The molecule has 5 heteroatoms. The summed E-state index contributed by atoms with van der Waals surface area (Å²) >= 11 is 0. The van der Waals surface area contributed by atoms with E-state index in [1.54, 1.807) is 0 Å². The predicted octanol–water partition coefficient (Wildman–Crippen LogP) is 1.53. The van der Waals surface area contributed by atoms with Crippen LogP contribution >= 0.6 is 0 Å². The van der Waals surface area contributed by atoms with Crippen LogP contribution in [0.4, 0.5) is 0 Å². The second kappa shape index (κ2) is 3.45. The van der Waals surface area contributed by atoms with Crippen LogP contribution in [0.15, 0.2) is 11.8 Å². The lowest BCUT2D eigenvalue weighted by Crippen LogP contribution is -2.25. The van der Waals surface area contributed by atoms with E-state index in [1.807, 2.05) is 33.8 Å². The molecule has 0 aromatic rings. The lowest BCUT2D eigenvalue weighted by Gasteiger charge is -2.20. The van der Waals surface area contributed by atoms with Crippen molar-refractivity contribution in [3.63, 3.8) is 0 Å². The van der Waals surface area contributed by atoms with E-state index in [0.29, 0.717) is 6.61 Å². The van der Waals surface area contributed by atoms with E-state index in [-0.39, 0.29) is 18.5 Å². The van der Waals surface area contributed by atoms with E-state index in [4.69, 9.17) is 23.7 Å². The molecule has 0 N–H and O–H groups in total. The van der Waals surface area contributed by atoms with Crippen LogP contribution in [0.3, 0.4) is 0 Å². The van der Waals surface area contributed by atoms with Gasteiger partial charge in [-0.2, -0.15) is 0 Å². The van der Waals surface area contributed by atoms with Gasteiger partial charge >= 0.3 is 0 Å². The molecule has 3 aliphatic rings. The molecule has 0 saturated carbocycles. The van der Waals surface area contributed by atoms with Gasteiger partial charge in [-0.05, 0) is 33.8 Å². The normalized spacial score (nSPS) is 42.1. The van der Waals surface area contributed by atoms with Crippen molar-refractivity contribution in [2.24, 2.45) is 0 Å². The van der Waals surface area contributed by atoms with Gasteiger partial charge in [0.15, 0.2) is 11.6 Å². The molecule has 3 aliphatic heterocycles. The smallest absolute Gasteiger partial charge is 0.232 e. The summed E-state index contributed by atoms with van der Waals surface area (Å²) in [6.45, 7) is 8.03. The molecule has 1 unspecified atom stereocenters. The van der Waals surface area contributed by atoms with Gasteiger partial charge in [-0.3, -0.25) is 0 Å². The molecule has 0 aliphatic carbocycles. The molecule has 3 heterocycles. The minimum absolute atomic E-state index is 0.146. The fourth-order valence-electron chi connectivity index (χ4n) is 2.31. The molecular formula is C12H18O5. The van der Waals surface area contributed by atoms with Crippen LogP contribution in [0, 0.1) is 0 Å². The number of hydrogen-bond acceptors (Lipinski definition) is 5. The van der Waals surface area contributed by atoms with E-state index in [0.717, 1.165) is 5.76 Å². The second-order valence-electron chi connectivity index (χ2n) is 5.47. The number of ether oxygens (including phenoxy) is 5. The maximum atomic E-state index is 5.72. The number of hydrogen-bond donors (Lipinski definition) is 0. The highest BCUT2D eigenvalue weighted by Gasteiger charge is 2.48. The summed E-state index contributed by atoms with van der Waals surface area (Å²) in [5.41, 5.74) is 0. The van der Waals surface area contributed by atoms with Crippen molar-refractivity contribution < 1.29 is 23.7 Å². The Bertz CT molecular complexity index is 360. The van der Waals surface area contributed by atoms with E-state index in [1.165, 1.54) is 0 Å². The predicted molar refractivity (Wildman–Crippen MR) is 57.9 cm³/mol. The standard InChI is InChI=1S/C12H18O5/c1-11(2)13-6-9(16-11)7-5-8-10(14-7)17-12(3,4)15-8/h5,8-10H,6H2,1-4H3/t8-,9-,10?/m1/s1. The minimum atomic E-state index is -0.580. The Morgan fingerprint density at radius 2 is 1.82 bits per heavy atom. The van der Waals surface area contributed by atoms with Crippen molar-refractivity contribution in [1.82, 2.24) is 0 Å². The topological polar surface area (TPSA) is 46.2 Å². The monoisotopic (exact) mass is 242 g/mol. The van der Waals surface area contributed by atoms with Crippen molar-refractivity contribution in [1.29, 1.82) is 0 Å². The third kappa shape index (κ3) is 2.08. The van der Waals surface area contributed by atoms with Gasteiger partial charge < -0.3 is 23.7 Å². The highest BCUT2D eigenvalue weighted by molar-refractivity contribution is 5.13. The third-order valence-electron chi connectivity index (χ3n) is 2.99. The lowest BCUT2D eigenvalue weighted by molar-refractivity contribution is -0.188. The molecule has 96 valence electrons. The molecule has 0 aromatic heterocycles. The van der Waals surface area contributed by atoms with E-state index < -0.39 is 11.6 Å². The van der Waals surface area contributed by atoms with Gasteiger partial charge in [-0.15, -0.1) is 0 Å². The average molecular weight is 242 g/mol. The summed E-state index contributed by atoms with van der Waals surface area (Å²) in [4.78, 5) is 0. The molecule has 3 rings (SSSR count). The molecule has 5 nitrogen and oxygen atoms in total. The lowest BCUT2D eigenvalue weighted by atomic mass is 10.2. The summed E-state index contributed by atoms with van der Waals surface area (Å²) in [7, 11) is 0. The molecule has 17 heavy (non-hydrogen) atoms. The fraction of sp³-hybridized carbons (Fsp3) is 0.833. The third-order valence-corrected chi connectivity index (χ3v) is 2.99. The van der Waals surface area contributed by atoms with Crippen LogP contribution in [0.1, 0.15) is 27.7 Å². The first-order valence-electron chi connectivity index (χ1n) is 5.90. The maximum absolute atomic E-state index is 5.72. The van der Waals surface area contributed by atoms with Crippen molar-refractivity contribution in [3.8, 4) is 0 Å². The first kappa shape index (κ1) is 11.5. The molecule has 2 saturated heterocycles. The molecule has 2 fully saturated rings. The van der Waals surface area contributed by atoms with Crippen molar-refractivity contribution in [2.45, 2.75) is 57.8 Å². The molecule has 0 bridgehead atoms. The Morgan fingerprint density at radius 3 is 2.41 bits per heavy atom. The Labute approximate surface area is 101 Å². The van der Waals surface area contributed by atoms with Gasteiger partial charge in [-0.25, -0.2) is 0 Å². The SMILES string of the molecule is CC1(C)OC[C@H](C2=C[C@H]3OC(C)(C)OC3O2)O1. The summed E-state index contributed by atoms with van der Waals surface area (Å²) in [5, 5.41) is 0. The quantitative estimate of drug-likeness (QED) is 0.697. The van der Waals surface area contributed by atoms with E-state index >= 15 is 0 Å². The second-order valence-corrected chi connectivity index (χ2v) is 5.47. The van der Waals surface area contributed by atoms with Crippen LogP contribution in [0.2, 0.25) is 0 Å². The highest BCUT2D eigenvalue weighted by atomic mass is 16.8. The number of rotatable bonds is 1. The van der Waals surface area contributed by atoms with Crippen LogP contribution < -0.4 is 0 Å². The summed E-state index contributed by atoms with van der Waals surface area (Å²) in [6.07, 6.45) is 1.26. The zero-order chi connectivity index (χ0) is 12.3. The Balaban J connectivity index is 1.69. The molecule has 3 atom stereocenters. The van der Waals surface area contributed by atoms with Gasteiger partial charge in [-0.1, -0.05) is 0 Å². The first-order chi connectivity index (χ1) is 7.85. The summed E-state index contributed by atoms with van der Waals surface area (Å²) in [6, 6.07) is 0. The van der Waals surface area contributed by atoms with Gasteiger partial charge in [0, 0.05) is 0 Å². The van der Waals surface area contributed by atoms with Crippen LogP contribution in [0.5, 0.6) is 0 Å². The fourth-order valence-corrected chi connectivity index (χ4v) is 2.31. The first-order valence-corrected chi connectivity index (χ1v) is 5.90. The summed E-state index contributed by atoms with van der Waals surface area (Å²) < 4.78 is 28.3. The average Bonchev–Trinajstić information content (AvgIpc) is 2.75. The Kier molecular flexibility index (Phi) is 2.32. The minimum Gasteiger partial charge on any atom is -0.463 e. The van der Waals surface area contributed by atoms with Crippen LogP contribution in [-0.4, -0.2) is 36.7 Å². The van der Waals surface area contributed by atoms with Crippen LogP contribution in [-0.2, 0) is 23.7 Å². The van der Waals surface area contributed by atoms with E-state index in [9.17, 15) is 0 Å². The molecule has 0 amide bonds. The van der Waals surface area contributed by atoms with Gasteiger partial charge in [0.2, 0.25) is 6.29 Å². The molecular weight excluding hydrogens is 224 g/mol.